The Labute approximate surface area is 111 Å². The second-order valence-corrected chi connectivity index (χ2v) is 5.91. The lowest BCUT2D eigenvalue weighted by molar-refractivity contribution is 0.0917. The Morgan fingerprint density at radius 3 is 2.17 bits per heavy atom. The Kier molecular flexibility index (Phi) is 5.09. The summed E-state index contributed by atoms with van der Waals surface area (Å²) in [6.07, 6.45) is 1.87. The number of hydrogen-bond donors (Lipinski definition) is 1. The second-order valence-electron chi connectivity index (χ2n) is 5.91. The molecule has 0 aromatic heterocycles. The van der Waals surface area contributed by atoms with Gasteiger partial charge in [0.15, 0.2) is 5.78 Å². The molecule has 0 saturated heterocycles. The van der Waals surface area contributed by atoms with Gasteiger partial charge in [-0.3, -0.25) is 4.79 Å². The first-order valence-electron chi connectivity index (χ1n) is 6.75. The van der Waals surface area contributed by atoms with E-state index in [1.54, 1.807) is 0 Å². The lowest BCUT2D eigenvalue weighted by atomic mass is 9.85. The summed E-state index contributed by atoms with van der Waals surface area (Å²) in [5.41, 5.74) is 7.83. The summed E-state index contributed by atoms with van der Waals surface area (Å²) in [7, 11) is 0. The minimum Gasteiger partial charge on any atom is -0.330 e. The van der Waals surface area contributed by atoms with E-state index in [4.69, 9.17) is 5.73 Å². The van der Waals surface area contributed by atoms with Crippen molar-refractivity contribution in [2.24, 2.45) is 11.7 Å². The van der Waals surface area contributed by atoms with E-state index >= 15 is 0 Å². The molecule has 0 heterocycles. The van der Waals surface area contributed by atoms with Crippen LogP contribution in [0.25, 0.3) is 0 Å². The molecule has 100 valence electrons. The number of Topliss-reactive ketones (excluding diaryl/α,β-unsaturated/α-hetero) is 1. The lowest BCUT2D eigenvalue weighted by Crippen LogP contribution is -2.23. The molecule has 2 N–H and O–H groups in total. The van der Waals surface area contributed by atoms with Crippen LogP contribution in [-0.4, -0.2) is 12.3 Å². The van der Waals surface area contributed by atoms with Gasteiger partial charge in [0.1, 0.15) is 0 Å². The highest BCUT2D eigenvalue weighted by molar-refractivity contribution is 5.98. The number of carbonyl (C=O) groups is 1. The van der Waals surface area contributed by atoms with Gasteiger partial charge in [-0.15, -0.1) is 0 Å². The van der Waals surface area contributed by atoms with E-state index in [9.17, 15) is 4.79 Å². The van der Waals surface area contributed by atoms with Crippen LogP contribution >= 0.6 is 0 Å². The van der Waals surface area contributed by atoms with Gasteiger partial charge in [-0.25, -0.2) is 0 Å². The minimum atomic E-state index is -0.0320. The minimum absolute atomic E-state index is 0.0320. The van der Waals surface area contributed by atoms with Crippen molar-refractivity contribution in [1.82, 2.24) is 0 Å². The maximum absolute atomic E-state index is 12.2. The molecule has 1 unspecified atom stereocenters. The van der Waals surface area contributed by atoms with Crippen LogP contribution in [0.15, 0.2) is 24.3 Å². The zero-order valence-electron chi connectivity index (χ0n) is 12.0. The predicted octanol–water partition coefficient (Wildman–Crippen LogP) is 3.54. The van der Waals surface area contributed by atoms with Gasteiger partial charge in [0.2, 0.25) is 0 Å². The van der Waals surface area contributed by atoms with Gasteiger partial charge in [0, 0.05) is 18.0 Å². The SMILES string of the molecule is CCCC(CN)C(=O)c1ccc(C(C)(C)C)cc1. The molecule has 1 aromatic carbocycles. The van der Waals surface area contributed by atoms with Crippen LogP contribution in [-0.2, 0) is 5.41 Å². The average Bonchev–Trinajstić information content (AvgIpc) is 2.34. The normalized spacial score (nSPS) is 13.4. The predicted molar refractivity (Wildman–Crippen MR) is 76.9 cm³/mol. The number of nitrogens with two attached hydrogens (primary N) is 1. The monoisotopic (exact) mass is 247 g/mol. The fourth-order valence-corrected chi connectivity index (χ4v) is 2.07. The van der Waals surface area contributed by atoms with E-state index in [1.807, 2.05) is 24.3 Å². The van der Waals surface area contributed by atoms with Gasteiger partial charge >= 0.3 is 0 Å². The zero-order chi connectivity index (χ0) is 13.8. The summed E-state index contributed by atoms with van der Waals surface area (Å²) < 4.78 is 0. The van der Waals surface area contributed by atoms with Crippen molar-refractivity contribution in [3.63, 3.8) is 0 Å². The summed E-state index contributed by atoms with van der Waals surface area (Å²) in [5, 5.41) is 0. The van der Waals surface area contributed by atoms with Crippen LogP contribution in [0, 0.1) is 5.92 Å². The standard InChI is InChI=1S/C16H25NO/c1-5-6-13(11-17)15(18)12-7-9-14(10-8-12)16(2,3)4/h7-10,13H,5-6,11,17H2,1-4H3. The van der Waals surface area contributed by atoms with E-state index in [-0.39, 0.29) is 17.1 Å². The maximum Gasteiger partial charge on any atom is 0.167 e. The molecule has 18 heavy (non-hydrogen) atoms. The molecule has 0 aliphatic heterocycles. The van der Waals surface area contributed by atoms with Crippen molar-refractivity contribution in [2.45, 2.75) is 46.0 Å². The van der Waals surface area contributed by atoms with Crippen LogP contribution in [0.5, 0.6) is 0 Å². The molecule has 2 heteroatoms. The number of carbonyl (C=O) groups excluding carboxylic acids is 1. The van der Waals surface area contributed by atoms with Crippen LogP contribution in [0.4, 0.5) is 0 Å². The molecule has 1 atom stereocenters. The number of hydrogen-bond acceptors (Lipinski definition) is 2. The third-order valence-corrected chi connectivity index (χ3v) is 3.33. The number of ketones is 1. The first kappa shape index (κ1) is 14.9. The molecular weight excluding hydrogens is 222 g/mol. The van der Waals surface area contributed by atoms with Crippen molar-refractivity contribution in [1.29, 1.82) is 0 Å². The van der Waals surface area contributed by atoms with E-state index in [1.165, 1.54) is 5.56 Å². The largest absolute Gasteiger partial charge is 0.330 e. The number of benzene rings is 1. The highest BCUT2D eigenvalue weighted by Crippen LogP contribution is 2.23. The molecule has 0 bridgehead atoms. The van der Waals surface area contributed by atoms with Crippen LogP contribution < -0.4 is 5.73 Å². The molecule has 0 amide bonds. The topological polar surface area (TPSA) is 43.1 Å². The fourth-order valence-electron chi connectivity index (χ4n) is 2.07. The summed E-state index contributed by atoms with van der Waals surface area (Å²) >= 11 is 0. The molecule has 0 saturated carbocycles. The van der Waals surface area contributed by atoms with Crippen molar-refractivity contribution in [2.75, 3.05) is 6.54 Å². The molecule has 1 aromatic rings. The van der Waals surface area contributed by atoms with Gasteiger partial charge in [0.25, 0.3) is 0 Å². The van der Waals surface area contributed by atoms with E-state index < -0.39 is 0 Å². The van der Waals surface area contributed by atoms with Crippen LogP contribution in [0.1, 0.15) is 56.5 Å². The van der Waals surface area contributed by atoms with E-state index in [0.29, 0.717) is 6.54 Å². The Bertz CT molecular complexity index is 387. The summed E-state index contributed by atoms with van der Waals surface area (Å²) in [6, 6.07) is 7.96. The van der Waals surface area contributed by atoms with E-state index in [0.717, 1.165) is 18.4 Å². The molecule has 1 rings (SSSR count). The van der Waals surface area contributed by atoms with Crippen LogP contribution in [0.2, 0.25) is 0 Å². The molecule has 2 nitrogen and oxygen atoms in total. The molecule has 0 aliphatic carbocycles. The highest BCUT2D eigenvalue weighted by Gasteiger charge is 2.19. The second kappa shape index (κ2) is 6.14. The summed E-state index contributed by atoms with van der Waals surface area (Å²) in [6.45, 7) is 9.03. The fraction of sp³-hybridized carbons (Fsp3) is 0.562. The zero-order valence-corrected chi connectivity index (χ0v) is 12.0. The van der Waals surface area contributed by atoms with Crippen molar-refractivity contribution in [3.05, 3.63) is 35.4 Å². The molecule has 0 radical (unpaired) electrons. The smallest absolute Gasteiger partial charge is 0.167 e. The third kappa shape index (κ3) is 3.67. The van der Waals surface area contributed by atoms with Gasteiger partial charge in [-0.1, -0.05) is 58.4 Å². The Hall–Kier alpha value is -1.15. The van der Waals surface area contributed by atoms with E-state index in [2.05, 4.69) is 27.7 Å². The third-order valence-electron chi connectivity index (χ3n) is 3.33. The average molecular weight is 247 g/mol. The summed E-state index contributed by atoms with van der Waals surface area (Å²) in [4.78, 5) is 12.2. The Morgan fingerprint density at radius 1 is 1.22 bits per heavy atom. The first-order valence-corrected chi connectivity index (χ1v) is 6.75. The maximum atomic E-state index is 12.2. The van der Waals surface area contributed by atoms with Crippen molar-refractivity contribution in [3.8, 4) is 0 Å². The van der Waals surface area contributed by atoms with Crippen molar-refractivity contribution < 1.29 is 4.79 Å². The van der Waals surface area contributed by atoms with Crippen molar-refractivity contribution >= 4 is 5.78 Å². The molecule has 0 spiro atoms. The quantitative estimate of drug-likeness (QED) is 0.809. The van der Waals surface area contributed by atoms with Gasteiger partial charge in [-0.05, 0) is 17.4 Å². The Balaban J connectivity index is 2.88. The summed E-state index contributed by atoms with van der Waals surface area (Å²) in [5.74, 6) is 0.148. The number of rotatable bonds is 5. The first-order chi connectivity index (χ1) is 8.40. The van der Waals surface area contributed by atoms with Gasteiger partial charge in [-0.2, -0.15) is 0 Å². The highest BCUT2D eigenvalue weighted by atomic mass is 16.1. The van der Waals surface area contributed by atoms with Crippen LogP contribution in [0.3, 0.4) is 0 Å². The Morgan fingerprint density at radius 2 is 1.78 bits per heavy atom. The molecule has 0 aliphatic rings. The molecule has 0 fully saturated rings. The lowest BCUT2D eigenvalue weighted by Gasteiger charge is -2.19. The van der Waals surface area contributed by atoms with Gasteiger partial charge < -0.3 is 5.73 Å². The molecular formula is C16H25NO. The van der Waals surface area contributed by atoms with Gasteiger partial charge in [0.05, 0.1) is 0 Å².